The number of carboxylic acids is 1. The standard InChI is InChI=1S/C10H9F3N2O4/c11-10(12,13)19-6-3-1-2-5(4-6)15-8(16)7(14)9(17)18/h1-4,7H,14H2,(H,15,16)(H,17,18). The molecule has 0 aliphatic carbocycles. The number of carbonyl (C=O) groups is 2. The van der Waals surface area contributed by atoms with Gasteiger partial charge in [0.05, 0.1) is 0 Å². The number of nitrogens with two attached hydrogens (primary N) is 1. The Kier molecular flexibility index (Phi) is 4.33. The average molecular weight is 278 g/mol. The summed E-state index contributed by atoms with van der Waals surface area (Å²) >= 11 is 0. The molecule has 0 aliphatic heterocycles. The molecule has 1 rings (SSSR count). The molecule has 0 heterocycles. The zero-order valence-corrected chi connectivity index (χ0v) is 9.27. The zero-order chi connectivity index (χ0) is 14.6. The van der Waals surface area contributed by atoms with Gasteiger partial charge in [-0.05, 0) is 12.1 Å². The number of rotatable bonds is 4. The van der Waals surface area contributed by atoms with Crippen LogP contribution >= 0.6 is 0 Å². The number of ether oxygens (including phenoxy) is 1. The van der Waals surface area contributed by atoms with Gasteiger partial charge in [0.2, 0.25) is 0 Å². The van der Waals surface area contributed by atoms with Crippen LogP contribution in [0.15, 0.2) is 24.3 Å². The molecule has 4 N–H and O–H groups in total. The summed E-state index contributed by atoms with van der Waals surface area (Å²) in [6, 6.07) is 2.56. The van der Waals surface area contributed by atoms with Gasteiger partial charge in [0.25, 0.3) is 5.91 Å². The maximum absolute atomic E-state index is 12.0. The molecule has 6 nitrogen and oxygen atoms in total. The summed E-state index contributed by atoms with van der Waals surface area (Å²) in [5, 5.41) is 10.5. The molecule has 1 atom stereocenters. The van der Waals surface area contributed by atoms with E-state index in [0.29, 0.717) is 0 Å². The minimum Gasteiger partial charge on any atom is -0.480 e. The molecule has 0 aliphatic rings. The van der Waals surface area contributed by atoms with E-state index >= 15 is 0 Å². The molecule has 0 spiro atoms. The molecular formula is C10H9F3N2O4. The average Bonchev–Trinajstić information content (AvgIpc) is 2.25. The summed E-state index contributed by atoms with van der Waals surface area (Å²) < 4.78 is 39.5. The van der Waals surface area contributed by atoms with Gasteiger partial charge in [0.15, 0.2) is 6.04 Å². The number of aliphatic carboxylic acids is 1. The van der Waals surface area contributed by atoms with E-state index in [1.54, 1.807) is 0 Å². The fourth-order valence-corrected chi connectivity index (χ4v) is 1.10. The predicted octanol–water partition coefficient (Wildman–Crippen LogP) is 0.936. The van der Waals surface area contributed by atoms with Gasteiger partial charge in [0, 0.05) is 11.8 Å². The molecule has 0 aromatic heterocycles. The number of nitrogens with one attached hydrogen (secondary N) is 1. The van der Waals surface area contributed by atoms with Crippen molar-refractivity contribution in [3.8, 4) is 5.75 Å². The van der Waals surface area contributed by atoms with Crippen molar-refractivity contribution < 1.29 is 32.6 Å². The first-order valence-corrected chi connectivity index (χ1v) is 4.84. The third-order valence-corrected chi connectivity index (χ3v) is 1.88. The van der Waals surface area contributed by atoms with E-state index in [4.69, 9.17) is 10.8 Å². The highest BCUT2D eigenvalue weighted by atomic mass is 19.4. The fourth-order valence-electron chi connectivity index (χ4n) is 1.10. The first kappa shape index (κ1) is 14.8. The quantitative estimate of drug-likeness (QED) is 0.711. The van der Waals surface area contributed by atoms with Crippen molar-refractivity contribution >= 4 is 17.6 Å². The normalized spacial score (nSPS) is 12.6. The van der Waals surface area contributed by atoms with Crippen molar-refractivity contribution in [3.63, 3.8) is 0 Å². The number of alkyl halides is 3. The molecule has 104 valence electrons. The van der Waals surface area contributed by atoms with E-state index in [1.165, 1.54) is 12.1 Å². The van der Waals surface area contributed by atoms with Crippen molar-refractivity contribution in [2.24, 2.45) is 5.73 Å². The van der Waals surface area contributed by atoms with Gasteiger partial charge in [-0.1, -0.05) is 6.07 Å². The molecule has 0 bridgehead atoms. The van der Waals surface area contributed by atoms with E-state index < -0.39 is 30.0 Å². The van der Waals surface area contributed by atoms with Crippen LogP contribution in [0.5, 0.6) is 5.75 Å². The van der Waals surface area contributed by atoms with Crippen LogP contribution in [0.1, 0.15) is 0 Å². The van der Waals surface area contributed by atoms with Crippen LogP contribution in [0.3, 0.4) is 0 Å². The summed E-state index contributed by atoms with van der Waals surface area (Å²) in [5.41, 5.74) is 4.96. The first-order valence-electron chi connectivity index (χ1n) is 4.84. The molecule has 0 saturated heterocycles. The SMILES string of the molecule is NC(C(=O)O)C(=O)Nc1cccc(OC(F)(F)F)c1. The van der Waals surface area contributed by atoms with Crippen LogP contribution in [0.25, 0.3) is 0 Å². The second-order valence-electron chi connectivity index (χ2n) is 3.38. The van der Waals surface area contributed by atoms with Gasteiger partial charge < -0.3 is 20.9 Å². The number of hydrogen-bond donors (Lipinski definition) is 3. The molecule has 1 amide bonds. The maximum Gasteiger partial charge on any atom is 0.573 e. The monoisotopic (exact) mass is 278 g/mol. The van der Waals surface area contributed by atoms with Crippen molar-refractivity contribution in [2.75, 3.05) is 5.32 Å². The number of hydrogen-bond acceptors (Lipinski definition) is 4. The summed E-state index contributed by atoms with van der Waals surface area (Å²) in [6.45, 7) is 0. The van der Waals surface area contributed by atoms with Gasteiger partial charge in [-0.2, -0.15) is 0 Å². The van der Waals surface area contributed by atoms with E-state index in [1.807, 2.05) is 0 Å². The lowest BCUT2D eigenvalue weighted by atomic mass is 10.2. The highest BCUT2D eigenvalue weighted by molar-refractivity contribution is 6.07. The Balaban J connectivity index is 2.78. The van der Waals surface area contributed by atoms with Crippen LogP contribution in [-0.2, 0) is 9.59 Å². The van der Waals surface area contributed by atoms with E-state index in [0.717, 1.165) is 12.1 Å². The van der Waals surface area contributed by atoms with Crippen LogP contribution in [0.2, 0.25) is 0 Å². The van der Waals surface area contributed by atoms with Crippen LogP contribution in [-0.4, -0.2) is 29.4 Å². The lowest BCUT2D eigenvalue weighted by molar-refractivity contribution is -0.274. The molecular weight excluding hydrogens is 269 g/mol. The topological polar surface area (TPSA) is 102 Å². The predicted molar refractivity (Wildman–Crippen MR) is 57.4 cm³/mol. The van der Waals surface area contributed by atoms with Gasteiger partial charge >= 0.3 is 12.3 Å². The molecule has 1 aromatic rings. The lowest BCUT2D eigenvalue weighted by Crippen LogP contribution is -2.42. The van der Waals surface area contributed by atoms with Gasteiger partial charge in [0.1, 0.15) is 5.75 Å². The molecule has 1 aromatic carbocycles. The summed E-state index contributed by atoms with van der Waals surface area (Å²) in [6.07, 6.45) is -4.86. The summed E-state index contributed by atoms with van der Waals surface area (Å²) in [7, 11) is 0. The van der Waals surface area contributed by atoms with Gasteiger partial charge in [-0.15, -0.1) is 13.2 Å². The van der Waals surface area contributed by atoms with E-state index in [9.17, 15) is 22.8 Å². The molecule has 19 heavy (non-hydrogen) atoms. The van der Waals surface area contributed by atoms with Crippen molar-refractivity contribution in [1.82, 2.24) is 0 Å². The van der Waals surface area contributed by atoms with Gasteiger partial charge in [-0.25, -0.2) is 4.79 Å². The molecule has 9 heteroatoms. The molecule has 0 fully saturated rings. The second-order valence-corrected chi connectivity index (χ2v) is 3.38. The Labute approximate surface area is 105 Å². The maximum atomic E-state index is 12.0. The Morgan fingerprint density at radius 1 is 1.37 bits per heavy atom. The highest BCUT2D eigenvalue weighted by Crippen LogP contribution is 2.24. The molecule has 0 radical (unpaired) electrons. The van der Waals surface area contributed by atoms with E-state index in [-0.39, 0.29) is 5.69 Å². The third-order valence-electron chi connectivity index (χ3n) is 1.88. The Bertz CT molecular complexity index is 490. The van der Waals surface area contributed by atoms with Crippen molar-refractivity contribution in [1.29, 1.82) is 0 Å². The van der Waals surface area contributed by atoms with Crippen LogP contribution < -0.4 is 15.8 Å². The number of benzene rings is 1. The highest BCUT2D eigenvalue weighted by Gasteiger charge is 2.31. The first-order chi connectivity index (χ1) is 8.69. The minimum atomic E-state index is -4.86. The third kappa shape index (κ3) is 4.84. The smallest absolute Gasteiger partial charge is 0.480 e. The largest absolute Gasteiger partial charge is 0.573 e. The Morgan fingerprint density at radius 2 is 2.00 bits per heavy atom. The van der Waals surface area contributed by atoms with Crippen molar-refractivity contribution in [3.05, 3.63) is 24.3 Å². The number of amides is 1. The van der Waals surface area contributed by atoms with Crippen LogP contribution in [0.4, 0.5) is 18.9 Å². The molecule has 0 saturated carbocycles. The fraction of sp³-hybridized carbons (Fsp3) is 0.200. The zero-order valence-electron chi connectivity index (χ0n) is 9.27. The van der Waals surface area contributed by atoms with E-state index in [2.05, 4.69) is 10.1 Å². The Hall–Kier alpha value is -2.29. The van der Waals surface area contributed by atoms with Crippen LogP contribution in [0, 0.1) is 0 Å². The Morgan fingerprint density at radius 3 is 2.53 bits per heavy atom. The number of halogens is 3. The van der Waals surface area contributed by atoms with Crippen molar-refractivity contribution in [2.45, 2.75) is 12.4 Å². The number of carbonyl (C=O) groups excluding carboxylic acids is 1. The molecule has 1 unspecified atom stereocenters. The lowest BCUT2D eigenvalue weighted by Gasteiger charge is -2.11. The second kappa shape index (κ2) is 5.57. The summed E-state index contributed by atoms with van der Waals surface area (Å²) in [4.78, 5) is 21.7. The summed E-state index contributed by atoms with van der Waals surface area (Å²) in [5.74, 6) is -3.16. The number of anilines is 1. The van der Waals surface area contributed by atoms with Gasteiger partial charge in [-0.3, -0.25) is 4.79 Å². The number of carboxylic acid groups (broad SMARTS) is 1. The minimum absolute atomic E-state index is 0.0662.